The van der Waals surface area contributed by atoms with Gasteiger partial charge < -0.3 is 34.6 Å². The highest BCUT2D eigenvalue weighted by Gasteiger charge is 2.43. The summed E-state index contributed by atoms with van der Waals surface area (Å²) in [7, 11) is 1.33. The number of methoxy groups -OCH3 is 1. The number of carbonyl (C=O) groups is 1. The maximum Gasteiger partial charge on any atom is 0.306 e. The van der Waals surface area contributed by atoms with Crippen LogP contribution in [0.3, 0.4) is 0 Å². The Morgan fingerprint density at radius 2 is 1.96 bits per heavy atom. The molecule has 134 valence electrons. The van der Waals surface area contributed by atoms with Crippen molar-refractivity contribution in [1.82, 2.24) is 0 Å². The molecule has 5 atom stereocenters. The van der Waals surface area contributed by atoms with Crippen molar-refractivity contribution in [2.45, 2.75) is 37.1 Å². The van der Waals surface area contributed by atoms with Crippen LogP contribution in [0.25, 0.3) is 0 Å². The molecular weight excluding hydrogens is 328 g/mol. The second-order valence-electron chi connectivity index (χ2n) is 5.14. The van der Waals surface area contributed by atoms with Gasteiger partial charge in [0.2, 0.25) is 0 Å². The fraction of sp³-hybridized carbons (Fsp3) is 0.786. The summed E-state index contributed by atoms with van der Waals surface area (Å²) < 4.78 is 15.1. The first-order chi connectivity index (χ1) is 10.9. The number of hydrogen-bond acceptors (Lipinski definition) is 9. The minimum absolute atomic E-state index is 0.0773. The van der Waals surface area contributed by atoms with Gasteiger partial charge in [0.05, 0.1) is 26.7 Å². The second-order valence-corrected chi connectivity index (χ2v) is 6.24. The van der Waals surface area contributed by atoms with Crippen LogP contribution in [0.2, 0.25) is 0 Å². The van der Waals surface area contributed by atoms with Gasteiger partial charge in [-0.25, -0.2) is 0 Å². The molecule has 1 fully saturated rings. The number of aliphatic hydroxyl groups excluding tert-OH is 4. The normalized spacial score (nSPS) is 30.9. The fourth-order valence-corrected chi connectivity index (χ4v) is 2.75. The van der Waals surface area contributed by atoms with Crippen LogP contribution in [-0.4, -0.2) is 88.9 Å². The molecule has 8 nitrogen and oxygen atoms in total. The van der Waals surface area contributed by atoms with Gasteiger partial charge in [-0.3, -0.25) is 4.79 Å². The number of ether oxygens (including phenoxy) is 3. The molecule has 0 bridgehead atoms. The molecule has 1 rings (SSSR count). The number of hydrogen-bond donors (Lipinski definition) is 4. The Morgan fingerprint density at radius 3 is 2.57 bits per heavy atom. The largest absolute Gasteiger partial charge is 0.469 e. The van der Waals surface area contributed by atoms with Gasteiger partial charge in [-0.2, -0.15) is 11.8 Å². The molecule has 23 heavy (non-hydrogen) atoms. The smallest absolute Gasteiger partial charge is 0.306 e. The zero-order chi connectivity index (χ0) is 17.4. The van der Waals surface area contributed by atoms with E-state index in [1.807, 2.05) is 0 Å². The minimum atomic E-state index is -1.46. The molecule has 1 aliphatic heterocycles. The van der Waals surface area contributed by atoms with E-state index in [1.165, 1.54) is 18.9 Å². The first-order valence-corrected chi connectivity index (χ1v) is 8.29. The Kier molecular flexibility index (Phi) is 9.07. The lowest BCUT2D eigenvalue weighted by atomic mass is 9.99. The summed E-state index contributed by atoms with van der Waals surface area (Å²) in [6.07, 6.45) is -6.15. The zero-order valence-electron chi connectivity index (χ0n) is 13.0. The van der Waals surface area contributed by atoms with E-state index >= 15 is 0 Å². The van der Waals surface area contributed by atoms with Crippen molar-refractivity contribution in [3.05, 3.63) is 12.2 Å². The third-order valence-electron chi connectivity index (χ3n) is 3.28. The molecule has 0 aromatic carbocycles. The van der Waals surface area contributed by atoms with Crippen molar-refractivity contribution in [3.8, 4) is 0 Å². The zero-order valence-corrected chi connectivity index (χ0v) is 13.8. The molecule has 1 saturated heterocycles. The van der Waals surface area contributed by atoms with E-state index in [0.29, 0.717) is 23.5 Å². The SMILES string of the molecule is C=C(CO[C@H]1O[C@H](CO)[C@H](O)[C@H](O)[C@H]1O)CSCCC(=O)OC. The molecule has 0 radical (unpaired) electrons. The summed E-state index contributed by atoms with van der Waals surface area (Å²) in [5, 5.41) is 38.2. The van der Waals surface area contributed by atoms with Gasteiger partial charge in [0.15, 0.2) is 6.29 Å². The molecule has 1 heterocycles. The lowest BCUT2D eigenvalue weighted by Gasteiger charge is -2.39. The van der Waals surface area contributed by atoms with E-state index in [4.69, 9.17) is 14.6 Å². The van der Waals surface area contributed by atoms with Crippen LogP contribution in [0, 0.1) is 0 Å². The molecule has 9 heteroatoms. The van der Waals surface area contributed by atoms with Gasteiger partial charge in [-0.15, -0.1) is 0 Å². The third-order valence-corrected chi connectivity index (χ3v) is 4.39. The summed E-state index contributed by atoms with van der Waals surface area (Å²) >= 11 is 1.49. The average Bonchev–Trinajstić information content (AvgIpc) is 2.55. The number of carbonyl (C=O) groups excluding carboxylic acids is 1. The summed E-state index contributed by atoms with van der Waals surface area (Å²) in [5.74, 6) is 0.862. The number of thioether (sulfide) groups is 1. The van der Waals surface area contributed by atoms with Crippen molar-refractivity contribution in [2.75, 3.05) is 31.8 Å². The summed E-state index contributed by atoms with van der Waals surface area (Å²) in [4.78, 5) is 10.9. The Balaban J connectivity index is 2.30. The van der Waals surface area contributed by atoms with Crippen LogP contribution in [0.4, 0.5) is 0 Å². The number of rotatable bonds is 9. The van der Waals surface area contributed by atoms with E-state index in [1.54, 1.807) is 0 Å². The van der Waals surface area contributed by atoms with Crippen LogP contribution < -0.4 is 0 Å². The van der Waals surface area contributed by atoms with Crippen molar-refractivity contribution in [1.29, 1.82) is 0 Å². The molecule has 1 aliphatic rings. The molecule has 4 N–H and O–H groups in total. The molecule has 0 amide bonds. The topological polar surface area (TPSA) is 126 Å². The maximum absolute atomic E-state index is 10.9. The summed E-state index contributed by atoms with van der Waals surface area (Å²) in [6.45, 7) is 3.39. The van der Waals surface area contributed by atoms with Crippen LogP contribution >= 0.6 is 11.8 Å². The van der Waals surface area contributed by atoms with Gasteiger partial charge in [0.25, 0.3) is 0 Å². The quantitative estimate of drug-likeness (QED) is 0.226. The summed E-state index contributed by atoms with van der Waals surface area (Å²) in [6, 6.07) is 0. The monoisotopic (exact) mass is 352 g/mol. The Labute approximate surface area is 139 Å². The number of esters is 1. The Bertz CT molecular complexity index is 389. The van der Waals surface area contributed by atoms with Gasteiger partial charge in [0.1, 0.15) is 24.4 Å². The van der Waals surface area contributed by atoms with E-state index in [-0.39, 0.29) is 12.6 Å². The molecule has 0 saturated carbocycles. The number of aliphatic hydroxyl groups is 4. The molecule has 0 aromatic rings. The van der Waals surface area contributed by atoms with Gasteiger partial charge in [-0.1, -0.05) is 6.58 Å². The first kappa shape index (κ1) is 20.4. The van der Waals surface area contributed by atoms with E-state index in [9.17, 15) is 20.1 Å². The van der Waals surface area contributed by atoms with Crippen LogP contribution in [0.5, 0.6) is 0 Å². The third kappa shape index (κ3) is 6.38. The Hall–Kier alpha value is -0.680. The first-order valence-electron chi connectivity index (χ1n) is 7.14. The van der Waals surface area contributed by atoms with Crippen molar-refractivity contribution in [2.24, 2.45) is 0 Å². The van der Waals surface area contributed by atoms with Crippen LogP contribution in [-0.2, 0) is 19.0 Å². The lowest BCUT2D eigenvalue weighted by Crippen LogP contribution is -2.59. The highest BCUT2D eigenvalue weighted by Crippen LogP contribution is 2.22. The minimum Gasteiger partial charge on any atom is -0.469 e. The molecular formula is C14H24O8S. The average molecular weight is 352 g/mol. The molecule has 0 aliphatic carbocycles. The van der Waals surface area contributed by atoms with Gasteiger partial charge in [0, 0.05) is 11.5 Å². The molecule has 0 spiro atoms. The lowest BCUT2D eigenvalue weighted by molar-refractivity contribution is -0.298. The fourth-order valence-electron chi connectivity index (χ4n) is 1.92. The van der Waals surface area contributed by atoms with E-state index < -0.39 is 37.3 Å². The molecule has 0 unspecified atom stereocenters. The van der Waals surface area contributed by atoms with Gasteiger partial charge >= 0.3 is 5.97 Å². The van der Waals surface area contributed by atoms with Crippen molar-refractivity contribution >= 4 is 17.7 Å². The maximum atomic E-state index is 10.9. The van der Waals surface area contributed by atoms with Gasteiger partial charge in [-0.05, 0) is 5.57 Å². The van der Waals surface area contributed by atoms with E-state index in [0.717, 1.165) is 0 Å². The van der Waals surface area contributed by atoms with Crippen LogP contribution in [0.15, 0.2) is 12.2 Å². The molecule has 0 aromatic heterocycles. The standard InChI is InChI=1S/C14H24O8S/c1-8(7-23-4-3-10(16)20-2)6-21-14-13(19)12(18)11(17)9(5-15)22-14/h9,11-15,17-19H,1,3-7H2,2H3/t9-,11+,12+,13-,14+/m1/s1. The van der Waals surface area contributed by atoms with Crippen molar-refractivity contribution in [3.63, 3.8) is 0 Å². The Morgan fingerprint density at radius 1 is 1.26 bits per heavy atom. The predicted molar refractivity (Wildman–Crippen MR) is 82.8 cm³/mol. The highest BCUT2D eigenvalue weighted by atomic mass is 32.2. The summed E-state index contributed by atoms with van der Waals surface area (Å²) in [5.41, 5.74) is 0.705. The second kappa shape index (κ2) is 10.2. The van der Waals surface area contributed by atoms with Crippen LogP contribution in [0.1, 0.15) is 6.42 Å². The highest BCUT2D eigenvalue weighted by molar-refractivity contribution is 7.99. The predicted octanol–water partition coefficient (Wildman–Crippen LogP) is -1.34. The van der Waals surface area contributed by atoms with E-state index in [2.05, 4.69) is 11.3 Å². The van der Waals surface area contributed by atoms with Crippen molar-refractivity contribution < 1.29 is 39.4 Å².